The first-order valence-electron chi connectivity index (χ1n) is 8.43. The lowest BCUT2D eigenvalue weighted by atomic mass is 10.2. The Bertz CT molecular complexity index is 1020. The molecule has 0 radical (unpaired) electrons. The lowest BCUT2D eigenvalue weighted by Crippen LogP contribution is -2.13. The first-order valence-corrected chi connectivity index (χ1v) is 8.81. The van der Waals surface area contributed by atoms with Crippen molar-refractivity contribution < 1.29 is 18.7 Å². The van der Waals surface area contributed by atoms with Crippen LogP contribution in [-0.2, 0) is 6.54 Å². The summed E-state index contributed by atoms with van der Waals surface area (Å²) in [5.74, 6) is 0.674. The topological polar surface area (TPSA) is 65.4 Å². The van der Waals surface area contributed by atoms with Crippen molar-refractivity contribution in [2.75, 3.05) is 19.5 Å². The smallest absolute Gasteiger partial charge is 0.257 e. The summed E-state index contributed by atoms with van der Waals surface area (Å²) in [6, 6.07) is 10.9. The third kappa shape index (κ3) is 4.26. The zero-order valence-electron chi connectivity index (χ0n) is 15.6. The zero-order valence-corrected chi connectivity index (χ0v) is 16.4. The number of rotatable bonds is 6. The molecule has 0 bridgehead atoms. The summed E-state index contributed by atoms with van der Waals surface area (Å²) in [6.07, 6.45) is 0. The van der Waals surface area contributed by atoms with E-state index in [0.717, 1.165) is 11.3 Å². The van der Waals surface area contributed by atoms with Gasteiger partial charge in [-0.1, -0.05) is 17.7 Å². The molecule has 1 heterocycles. The van der Waals surface area contributed by atoms with Gasteiger partial charge in [-0.25, -0.2) is 4.39 Å². The molecular formula is C20H19ClFN3O3. The molecule has 3 rings (SSSR count). The molecule has 1 aromatic heterocycles. The van der Waals surface area contributed by atoms with Crippen molar-refractivity contribution in [3.8, 4) is 11.5 Å². The molecule has 0 aliphatic carbocycles. The number of carbonyl (C=O) groups is 1. The average Bonchev–Trinajstić information content (AvgIpc) is 3.02. The van der Waals surface area contributed by atoms with Crippen molar-refractivity contribution >= 4 is 23.3 Å². The summed E-state index contributed by atoms with van der Waals surface area (Å²) >= 11 is 6.08. The highest BCUT2D eigenvalue weighted by molar-refractivity contribution is 6.31. The fourth-order valence-corrected chi connectivity index (χ4v) is 2.94. The van der Waals surface area contributed by atoms with Gasteiger partial charge in [-0.2, -0.15) is 5.10 Å². The van der Waals surface area contributed by atoms with Gasteiger partial charge in [0.25, 0.3) is 5.91 Å². The van der Waals surface area contributed by atoms with Gasteiger partial charge in [-0.15, -0.1) is 0 Å². The number of methoxy groups -OCH3 is 2. The Hall–Kier alpha value is -3.06. The first kappa shape index (κ1) is 19.7. The highest BCUT2D eigenvalue weighted by Gasteiger charge is 2.14. The van der Waals surface area contributed by atoms with Gasteiger partial charge in [-0.05, 0) is 42.8 Å². The molecule has 6 nitrogen and oxygen atoms in total. The van der Waals surface area contributed by atoms with Crippen LogP contribution in [0.1, 0.15) is 21.6 Å². The van der Waals surface area contributed by atoms with Gasteiger partial charge in [0.2, 0.25) is 0 Å². The van der Waals surface area contributed by atoms with E-state index in [1.165, 1.54) is 26.4 Å². The Labute approximate surface area is 166 Å². The van der Waals surface area contributed by atoms with Crippen LogP contribution in [0.4, 0.5) is 10.2 Å². The van der Waals surface area contributed by atoms with E-state index < -0.39 is 5.82 Å². The van der Waals surface area contributed by atoms with Crippen LogP contribution in [0.15, 0.2) is 42.5 Å². The minimum absolute atomic E-state index is 0.325. The number of ether oxygens (including phenoxy) is 2. The number of nitrogens with one attached hydrogen (secondary N) is 1. The van der Waals surface area contributed by atoms with Gasteiger partial charge in [0.05, 0.1) is 20.8 Å². The number of hydrogen-bond donors (Lipinski definition) is 1. The highest BCUT2D eigenvalue weighted by atomic mass is 35.5. The van der Waals surface area contributed by atoms with Crippen LogP contribution in [0, 0.1) is 12.7 Å². The summed E-state index contributed by atoms with van der Waals surface area (Å²) < 4.78 is 25.3. The van der Waals surface area contributed by atoms with Gasteiger partial charge in [0.1, 0.15) is 5.82 Å². The van der Waals surface area contributed by atoms with E-state index in [9.17, 15) is 9.18 Å². The predicted octanol–water partition coefficient (Wildman–Crippen LogP) is 4.30. The van der Waals surface area contributed by atoms with Crippen LogP contribution in [0.2, 0.25) is 5.02 Å². The van der Waals surface area contributed by atoms with E-state index in [0.29, 0.717) is 34.4 Å². The lowest BCUT2D eigenvalue weighted by Gasteiger charge is -2.09. The lowest BCUT2D eigenvalue weighted by molar-refractivity contribution is 0.102. The Kier molecular flexibility index (Phi) is 5.84. The van der Waals surface area contributed by atoms with Crippen molar-refractivity contribution in [2.24, 2.45) is 0 Å². The first-order chi connectivity index (χ1) is 13.4. The monoisotopic (exact) mass is 403 g/mol. The molecule has 1 N–H and O–H groups in total. The molecule has 1 amide bonds. The maximum Gasteiger partial charge on any atom is 0.257 e. The molecule has 0 aliphatic rings. The summed E-state index contributed by atoms with van der Waals surface area (Å²) in [6.45, 7) is 2.22. The number of halogens is 2. The molecule has 0 fully saturated rings. The minimum atomic E-state index is -0.395. The molecule has 146 valence electrons. The van der Waals surface area contributed by atoms with E-state index in [2.05, 4.69) is 10.4 Å². The normalized spacial score (nSPS) is 10.6. The van der Waals surface area contributed by atoms with E-state index >= 15 is 0 Å². The number of benzene rings is 2. The molecule has 8 heteroatoms. The maximum absolute atomic E-state index is 13.2. The van der Waals surface area contributed by atoms with Crippen molar-refractivity contribution in [2.45, 2.75) is 13.5 Å². The van der Waals surface area contributed by atoms with Crippen LogP contribution in [0.25, 0.3) is 0 Å². The number of aromatic nitrogens is 2. The second-order valence-electron chi connectivity index (χ2n) is 6.09. The molecular weight excluding hydrogens is 385 g/mol. The van der Waals surface area contributed by atoms with Gasteiger partial charge >= 0.3 is 0 Å². The Balaban J connectivity index is 1.77. The molecule has 3 aromatic rings. The summed E-state index contributed by atoms with van der Waals surface area (Å²) in [4.78, 5) is 12.5. The van der Waals surface area contributed by atoms with Crippen LogP contribution < -0.4 is 14.8 Å². The van der Waals surface area contributed by atoms with Crippen molar-refractivity contribution in [3.05, 3.63) is 70.1 Å². The van der Waals surface area contributed by atoms with Crippen molar-refractivity contribution in [1.29, 1.82) is 0 Å². The Morgan fingerprint density at radius 3 is 2.57 bits per heavy atom. The summed E-state index contributed by atoms with van der Waals surface area (Å²) in [7, 11) is 3.03. The van der Waals surface area contributed by atoms with E-state index in [-0.39, 0.29) is 5.91 Å². The second-order valence-corrected chi connectivity index (χ2v) is 6.50. The number of amides is 1. The number of nitrogens with zero attached hydrogens (tertiary/aromatic N) is 2. The van der Waals surface area contributed by atoms with Crippen LogP contribution in [0.3, 0.4) is 0 Å². The summed E-state index contributed by atoms with van der Waals surface area (Å²) in [5.41, 5.74) is 1.96. The van der Waals surface area contributed by atoms with Crippen LogP contribution in [0.5, 0.6) is 11.5 Å². The van der Waals surface area contributed by atoms with Crippen LogP contribution in [-0.4, -0.2) is 29.9 Å². The third-order valence-corrected chi connectivity index (χ3v) is 4.56. The van der Waals surface area contributed by atoms with Gasteiger partial charge < -0.3 is 14.8 Å². The number of anilines is 1. The highest BCUT2D eigenvalue weighted by Crippen LogP contribution is 2.28. The largest absolute Gasteiger partial charge is 0.493 e. The molecule has 0 unspecified atom stereocenters. The fraction of sp³-hybridized carbons (Fsp3) is 0.200. The zero-order chi connectivity index (χ0) is 20.3. The quantitative estimate of drug-likeness (QED) is 0.666. The fourth-order valence-electron chi connectivity index (χ4n) is 2.71. The van der Waals surface area contributed by atoms with E-state index in [1.807, 2.05) is 6.92 Å². The van der Waals surface area contributed by atoms with Crippen LogP contribution >= 0.6 is 11.6 Å². The molecule has 0 aliphatic heterocycles. The SMILES string of the molecule is COc1ccc(C(=O)Nc2cc(C)n(Cc3ccc(F)cc3Cl)n2)cc1OC. The van der Waals surface area contributed by atoms with Crippen molar-refractivity contribution in [3.63, 3.8) is 0 Å². The standard InChI is InChI=1S/C20H19ClFN3O3/c1-12-8-19(24-25(12)11-14-4-6-15(22)10-16(14)21)23-20(26)13-5-7-17(27-2)18(9-13)28-3/h4-10H,11H2,1-3H3,(H,23,24,26). The second kappa shape index (κ2) is 8.31. The Morgan fingerprint density at radius 1 is 1.14 bits per heavy atom. The van der Waals surface area contributed by atoms with Crippen molar-refractivity contribution in [1.82, 2.24) is 9.78 Å². The van der Waals surface area contributed by atoms with E-state index in [1.54, 1.807) is 35.0 Å². The van der Waals surface area contributed by atoms with Gasteiger partial charge in [0.15, 0.2) is 17.3 Å². The molecule has 2 aromatic carbocycles. The number of aryl methyl sites for hydroxylation is 1. The third-order valence-electron chi connectivity index (χ3n) is 4.20. The average molecular weight is 404 g/mol. The molecule has 0 spiro atoms. The summed E-state index contributed by atoms with van der Waals surface area (Å²) in [5, 5.41) is 7.47. The molecule has 0 saturated carbocycles. The molecule has 0 atom stereocenters. The Morgan fingerprint density at radius 2 is 1.89 bits per heavy atom. The maximum atomic E-state index is 13.2. The predicted molar refractivity (Wildman–Crippen MR) is 105 cm³/mol. The minimum Gasteiger partial charge on any atom is -0.493 e. The van der Waals surface area contributed by atoms with Gasteiger partial charge in [0, 0.05) is 22.3 Å². The van der Waals surface area contributed by atoms with E-state index in [4.69, 9.17) is 21.1 Å². The molecule has 0 saturated heterocycles. The number of carbonyl (C=O) groups excluding carboxylic acids is 1. The van der Waals surface area contributed by atoms with Gasteiger partial charge in [-0.3, -0.25) is 9.48 Å². The number of hydrogen-bond acceptors (Lipinski definition) is 4. The molecule has 28 heavy (non-hydrogen) atoms.